The highest BCUT2D eigenvalue weighted by molar-refractivity contribution is 5.67. The van der Waals surface area contributed by atoms with Crippen molar-refractivity contribution in [1.82, 2.24) is 0 Å². The second-order valence-electron chi connectivity index (χ2n) is 5.90. The van der Waals surface area contributed by atoms with Crippen molar-refractivity contribution in [2.24, 2.45) is 0 Å². The molecule has 2 atom stereocenters. The molecule has 27 heavy (non-hydrogen) atoms. The van der Waals surface area contributed by atoms with Crippen LogP contribution in [0.5, 0.6) is 0 Å². The van der Waals surface area contributed by atoms with Crippen LogP contribution in [0.25, 0.3) is 0 Å². The van der Waals surface area contributed by atoms with Gasteiger partial charge in [0.25, 0.3) is 0 Å². The van der Waals surface area contributed by atoms with Crippen molar-refractivity contribution in [2.75, 3.05) is 6.61 Å². The Balaban J connectivity index is 2.24. The Morgan fingerprint density at radius 3 is 2.22 bits per heavy atom. The number of nitriles is 1. The third kappa shape index (κ3) is 6.57. The van der Waals surface area contributed by atoms with E-state index in [0.29, 0.717) is 11.1 Å². The molecule has 0 aliphatic heterocycles. The van der Waals surface area contributed by atoms with Crippen LogP contribution in [0, 0.1) is 11.3 Å². The molecule has 0 aromatic heterocycles. The molecule has 0 radical (unpaired) electrons. The average Bonchev–Trinajstić information content (AvgIpc) is 2.67. The van der Waals surface area contributed by atoms with Crippen LogP contribution in [0.15, 0.2) is 54.6 Å². The van der Waals surface area contributed by atoms with E-state index in [1.54, 1.807) is 24.3 Å². The van der Waals surface area contributed by atoms with E-state index in [-0.39, 0.29) is 13.2 Å². The molecule has 140 valence electrons. The second-order valence-corrected chi connectivity index (χ2v) is 5.90. The lowest BCUT2D eigenvalue weighted by Crippen LogP contribution is -2.31. The van der Waals surface area contributed by atoms with Crippen LogP contribution in [0.3, 0.4) is 0 Å². The zero-order chi connectivity index (χ0) is 19.6. The maximum absolute atomic E-state index is 11.6. The average molecular weight is 367 g/mol. The molecular weight excluding hydrogens is 346 g/mol. The third-order valence-electron chi connectivity index (χ3n) is 3.76. The molecule has 0 spiro atoms. The molecule has 0 fully saturated rings. The van der Waals surface area contributed by atoms with Crippen LogP contribution in [0.2, 0.25) is 0 Å². The monoisotopic (exact) mass is 367 g/mol. The standard InChI is InChI=1S/C21H21NO5/c1-15(23)25-14-20(26-13-18-6-4-3-5-7-18)21(27-16(2)24)19-10-8-17(12-22)9-11-19/h3-11,20-21H,13-14H2,1-2H3/t20-,21-/m0/s1. The van der Waals surface area contributed by atoms with Gasteiger partial charge in [0.2, 0.25) is 0 Å². The lowest BCUT2D eigenvalue weighted by molar-refractivity contribution is -0.165. The summed E-state index contributed by atoms with van der Waals surface area (Å²) in [6.45, 7) is 2.80. The molecule has 0 N–H and O–H groups in total. The van der Waals surface area contributed by atoms with Gasteiger partial charge in [-0.1, -0.05) is 42.5 Å². The summed E-state index contributed by atoms with van der Waals surface area (Å²) < 4.78 is 16.5. The fourth-order valence-electron chi connectivity index (χ4n) is 2.48. The molecule has 0 aliphatic carbocycles. The van der Waals surface area contributed by atoms with Gasteiger partial charge in [0.15, 0.2) is 6.10 Å². The van der Waals surface area contributed by atoms with E-state index in [9.17, 15) is 9.59 Å². The number of carbonyl (C=O) groups is 2. The summed E-state index contributed by atoms with van der Waals surface area (Å²) in [5.74, 6) is -0.940. The first-order chi connectivity index (χ1) is 13.0. The van der Waals surface area contributed by atoms with Gasteiger partial charge in [-0.05, 0) is 23.3 Å². The SMILES string of the molecule is CC(=O)OC[C@H](OCc1ccccc1)[C@@H](OC(C)=O)c1ccc(C#N)cc1. The maximum atomic E-state index is 11.6. The molecule has 0 aliphatic rings. The van der Waals surface area contributed by atoms with Crippen molar-refractivity contribution < 1.29 is 23.8 Å². The van der Waals surface area contributed by atoms with Crippen molar-refractivity contribution in [3.8, 4) is 6.07 Å². The molecule has 2 aromatic rings. The summed E-state index contributed by atoms with van der Waals surface area (Å²) in [5, 5.41) is 8.96. The first-order valence-corrected chi connectivity index (χ1v) is 8.45. The second kappa shape index (κ2) is 10.1. The quantitative estimate of drug-likeness (QED) is 0.666. The van der Waals surface area contributed by atoms with E-state index in [0.717, 1.165) is 5.56 Å². The van der Waals surface area contributed by atoms with Gasteiger partial charge in [0, 0.05) is 13.8 Å². The highest BCUT2D eigenvalue weighted by atomic mass is 16.6. The predicted octanol–water partition coefficient (Wildman–Crippen LogP) is 3.31. The first-order valence-electron chi connectivity index (χ1n) is 8.45. The Bertz CT molecular complexity index is 796. The number of hydrogen-bond donors (Lipinski definition) is 0. The Kier molecular flexibility index (Phi) is 7.53. The molecule has 2 rings (SSSR count). The van der Waals surface area contributed by atoms with Crippen LogP contribution >= 0.6 is 0 Å². The van der Waals surface area contributed by atoms with Gasteiger partial charge in [0.1, 0.15) is 12.7 Å². The summed E-state index contributed by atoms with van der Waals surface area (Å²) >= 11 is 0. The predicted molar refractivity (Wildman–Crippen MR) is 97.3 cm³/mol. The van der Waals surface area contributed by atoms with Crippen LogP contribution in [-0.4, -0.2) is 24.6 Å². The minimum Gasteiger partial charge on any atom is -0.463 e. The lowest BCUT2D eigenvalue weighted by Gasteiger charge is -2.27. The Labute approximate surface area is 158 Å². The molecular formula is C21H21NO5. The molecule has 0 bridgehead atoms. The van der Waals surface area contributed by atoms with E-state index in [1.165, 1.54) is 13.8 Å². The highest BCUT2D eigenvalue weighted by Crippen LogP contribution is 2.26. The van der Waals surface area contributed by atoms with E-state index >= 15 is 0 Å². The number of esters is 2. The number of benzene rings is 2. The molecule has 6 nitrogen and oxygen atoms in total. The van der Waals surface area contributed by atoms with Gasteiger partial charge in [-0.15, -0.1) is 0 Å². The van der Waals surface area contributed by atoms with Crippen LogP contribution < -0.4 is 0 Å². The zero-order valence-corrected chi connectivity index (χ0v) is 15.3. The number of nitrogens with zero attached hydrogens (tertiary/aromatic N) is 1. The Morgan fingerprint density at radius 2 is 1.67 bits per heavy atom. The number of hydrogen-bond acceptors (Lipinski definition) is 6. The van der Waals surface area contributed by atoms with E-state index in [2.05, 4.69) is 0 Å². The van der Waals surface area contributed by atoms with Crippen molar-refractivity contribution in [3.05, 3.63) is 71.3 Å². The minimum atomic E-state index is -0.779. The topological polar surface area (TPSA) is 85.6 Å². The number of rotatable bonds is 8. The molecule has 0 unspecified atom stereocenters. The third-order valence-corrected chi connectivity index (χ3v) is 3.76. The van der Waals surface area contributed by atoms with Crippen LogP contribution in [0.1, 0.15) is 36.6 Å². The lowest BCUT2D eigenvalue weighted by atomic mass is 10.0. The van der Waals surface area contributed by atoms with Crippen molar-refractivity contribution in [2.45, 2.75) is 32.7 Å². The zero-order valence-electron chi connectivity index (χ0n) is 15.3. The van der Waals surface area contributed by atoms with Gasteiger partial charge in [-0.2, -0.15) is 5.26 Å². The smallest absolute Gasteiger partial charge is 0.303 e. The molecule has 0 saturated heterocycles. The Hall–Kier alpha value is -3.17. The van der Waals surface area contributed by atoms with E-state index in [4.69, 9.17) is 19.5 Å². The van der Waals surface area contributed by atoms with Gasteiger partial charge in [-0.25, -0.2) is 0 Å². The maximum Gasteiger partial charge on any atom is 0.303 e. The fraction of sp³-hybridized carbons (Fsp3) is 0.286. The van der Waals surface area contributed by atoms with Gasteiger partial charge >= 0.3 is 11.9 Å². The summed E-state index contributed by atoms with van der Waals surface area (Å²) in [7, 11) is 0. The molecule has 2 aromatic carbocycles. The summed E-state index contributed by atoms with van der Waals surface area (Å²) in [5.41, 5.74) is 2.07. The summed E-state index contributed by atoms with van der Waals surface area (Å²) in [4.78, 5) is 22.9. The normalized spacial score (nSPS) is 12.5. The van der Waals surface area contributed by atoms with Gasteiger partial charge in [-0.3, -0.25) is 9.59 Å². The fourth-order valence-corrected chi connectivity index (χ4v) is 2.48. The van der Waals surface area contributed by atoms with Gasteiger partial charge in [0.05, 0.1) is 18.2 Å². The van der Waals surface area contributed by atoms with Crippen molar-refractivity contribution in [1.29, 1.82) is 5.26 Å². The van der Waals surface area contributed by atoms with E-state index < -0.39 is 24.1 Å². The van der Waals surface area contributed by atoms with Crippen molar-refractivity contribution >= 4 is 11.9 Å². The summed E-state index contributed by atoms with van der Waals surface area (Å²) in [6, 6.07) is 18.2. The molecule has 0 saturated carbocycles. The minimum absolute atomic E-state index is 0.0693. The van der Waals surface area contributed by atoms with E-state index in [1.807, 2.05) is 36.4 Å². The van der Waals surface area contributed by atoms with Gasteiger partial charge < -0.3 is 14.2 Å². The first kappa shape index (κ1) is 20.1. The van der Waals surface area contributed by atoms with Crippen LogP contribution in [-0.2, 0) is 30.4 Å². The van der Waals surface area contributed by atoms with Crippen molar-refractivity contribution in [3.63, 3.8) is 0 Å². The number of ether oxygens (including phenoxy) is 3. The highest BCUT2D eigenvalue weighted by Gasteiger charge is 2.28. The number of carbonyl (C=O) groups excluding carboxylic acids is 2. The van der Waals surface area contributed by atoms with Crippen LogP contribution in [0.4, 0.5) is 0 Å². The molecule has 0 amide bonds. The molecule has 6 heteroatoms. The molecule has 0 heterocycles. The largest absolute Gasteiger partial charge is 0.463 e. The summed E-state index contributed by atoms with van der Waals surface area (Å²) in [6.07, 6.45) is -1.48. The Morgan fingerprint density at radius 1 is 1.00 bits per heavy atom.